The number of alkyl halides is 3. The van der Waals surface area contributed by atoms with Crippen LogP contribution in [0.4, 0.5) is 13.2 Å². The molecule has 0 spiro atoms. The fraction of sp³-hybridized carbons (Fsp3) is 0.562. The first-order valence-electron chi connectivity index (χ1n) is 7.26. The number of rotatable bonds is 2. The Kier molecular flexibility index (Phi) is 4.33. The van der Waals surface area contributed by atoms with Crippen molar-refractivity contribution in [2.75, 3.05) is 0 Å². The van der Waals surface area contributed by atoms with Crippen LogP contribution in [0.25, 0.3) is 0 Å². The Bertz CT molecular complexity index is 514. The molecule has 1 aliphatic rings. The largest absolute Gasteiger partial charge is 0.416 e. The molecule has 0 aromatic heterocycles. The number of hydrogen-bond acceptors (Lipinski definition) is 1. The number of carbonyl (C=O) groups excluding carboxylic acids is 1. The van der Waals surface area contributed by atoms with Crippen molar-refractivity contribution in [3.63, 3.8) is 0 Å². The van der Waals surface area contributed by atoms with Gasteiger partial charge in [-0.05, 0) is 35.6 Å². The maximum absolute atomic E-state index is 12.6. The average Bonchev–Trinajstić information content (AvgIpc) is 2.36. The van der Waals surface area contributed by atoms with E-state index in [9.17, 15) is 18.0 Å². The summed E-state index contributed by atoms with van der Waals surface area (Å²) < 4.78 is 37.8. The van der Waals surface area contributed by atoms with Gasteiger partial charge in [-0.1, -0.05) is 31.8 Å². The highest BCUT2D eigenvalue weighted by Crippen LogP contribution is 2.43. The van der Waals surface area contributed by atoms with E-state index in [1.807, 2.05) is 0 Å². The molecule has 0 radical (unpaired) electrons. The summed E-state index contributed by atoms with van der Waals surface area (Å²) in [5.41, 5.74) is 0.653. The minimum Gasteiger partial charge on any atom is -0.300 e. The van der Waals surface area contributed by atoms with Gasteiger partial charge in [0.25, 0.3) is 0 Å². The van der Waals surface area contributed by atoms with E-state index in [0.29, 0.717) is 18.4 Å². The second-order valence-electron chi connectivity index (χ2n) is 7.06. The molecule has 0 amide bonds. The zero-order valence-electron chi connectivity index (χ0n) is 12.6. The molecule has 2 rings (SSSR count). The van der Waals surface area contributed by atoms with E-state index < -0.39 is 19.8 Å². The molecular weight excluding hydrogens is 293 g/mol. The van der Waals surface area contributed by atoms with Crippen molar-refractivity contribution in [3.8, 4) is 0 Å². The van der Waals surface area contributed by atoms with Crippen molar-refractivity contribution < 1.29 is 18.0 Å². The molecule has 2 atom stereocenters. The average molecular weight is 314 g/mol. The van der Waals surface area contributed by atoms with Crippen LogP contribution < -0.4 is 0 Å². The van der Waals surface area contributed by atoms with E-state index in [1.165, 1.54) is 12.1 Å². The molecule has 1 aromatic rings. The summed E-state index contributed by atoms with van der Waals surface area (Å²) in [6, 6.07) is 5.32. The highest BCUT2D eigenvalue weighted by Gasteiger charge is 2.36. The molecule has 1 fully saturated rings. The van der Waals surface area contributed by atoms with E-state index in [1.54, 1.807) is 0 Å². The minimum absolute atomic E-state index is 0.0743. The van der Waals surface area contributed by atoms with Crippen molar-refractivity contribution >= 4 is 13.9 Å². The Balaban J connectivity index is 2.19. The molecule has 1 aromatic carbocycles. The van der Waals surface area contributed by atoms with Crippen LogP contribution in [-0.4, -0.2) is 13.9 Å². The van der Waals surface area contributed by atoms with Gasteiger partial charge < -0.3 is 0 Å². The second-order valence-corrected chi connectivity index (χ2v) is 12.6. The number of Topliss-reactive ketones (excluding diaryl/α,β-unsaturated/α-hetero) is 1. The fourth-order valence-electron chi connectivity index (χ4n) is 3.00. The minimum atomic E-state index is -4.30. The number of hydrogen-bond donors (Lipinski definition) is 0. The molecular formula is C16H21F3OSi. The number of benzene rings is 1. The first-order valence-corrected chi connectivity index (χ1v) is 10.8. The Morgan fingerprint density at radius 2 is 1.62 bits per heavy atom. The van der Waals surface area contributed by atoms with Crippen LogP contribution in [0.3, 0.4) is 0 Å². The molecule has 0 bridgehead atoms. The molecule has 1 nitrogen and oxygen atoms in total. The van der Waals surface area contributed by atoms with Gasteiger partial charge in [0.1, 0.15) is 5.78 Å². The summed E-state index contributed by atoms with van der Waals surface area (Å²) in [4.78, 5) is 12.0. The van der Waals surface area contributed by atoms with Gasteiger partial charge in [-0.2, -0.15) is 13.2 Å². The lowest BCUT2D eigenvalue weighted by Gasteiger charge is -2.36. The topological polar surface area (TPSA) is 17.1 Å². The third-order valence-corrected chi connectivity index (χ3v) is 7.34. The molecule has 0 unspecified atom stereocenters. The van der Waals surface area contributed by atoms with Crippen LogP contribution in [0, 0.1) is 0 Å². The fourth-order valence-corrected chi connectivity index (χ4v) is 4.83. The lowest BCUT2D eigenvalue weighted by atomic mass is 9.83. The lowest BCUT2D eigenvalue weighted by Crippen LogP contribution is -2.34. The Hall–Kier alpha value is -1.10. The van der Waals surface area contributed by atoms with Gasteiger partial charge in [0.2, 0.25) is 0 Å². The van der Waals surface area contributed by atoms with E-state index in [2.05, 4.69) is 19.6 Å². The van der Waals surface area contributed by atoms with Crippen molar-refractivity contribution in [2.45, 2.75) is 56.5 Å². The van der Waals surface area contributed by atoms with Crippen LogP contribution in [0.5, 0.6) is 0 Å². The van der Waals surface area contributed by atoms with Gasteiger partial charge in [-0.3, -0.25) is 4.79 Å². The number of ketones is 1. The normalized spacial score (nSPS) is 24.2. The second kappa shape index (κ2) is 5.59. The number of halogens is 3. The van der Waals surface area contributed by atoms with Gasteiger partial charge in [0.15, 0.2) is 0 Å². The van der Waals surface area contributed by atoms with Crippen LogP contribution in [0.2, 0.25) is 25.2 Å². The molecule has 0 heterocycles. The Morgan fingerprint density at radius 1 is 1.05 bits per heavy atom. The number of carbonyl (C=O) groups is 1. The SMILES string of the molecule is C[Si](C)(C)[C@@H]1CC(=O)C[C@@H](c2ccc(C(F)(F)F)cc2)C1. The Morgan fingerprint density at radius 3 is 2.10 bits per heavy atom. The third kappa shape index (κ3) is 3.96. The highest BCUT2D eigenvalue weighted by atomic mass is 28.3. The van der Waals surface area contributed by atoms with Crippen molar-refractivity contribution in [3.05, 3.63) is 35.4 Å². The van der Waals surface area contributed by atoms with Crippen LogP contribution in [0.15, 0.2) is 24.3 Å². The van der Waals surface area contributed by atoms with E-state index in [4.69, 9.17) is 0 Å². The van der Waals surface area contributed by atoms with E-state index >= 15 is 0 Å². The van der Waals surface area contributed by atoms with Gasteiger partial charge in [-0.15, -0.1) is 0 Å². The molecule has 0 N–H and O–H groups in total. The predicted molar refractivity (Wildman–Crippen MR) is 80.1 cm³/mol. The standard InChI is InChI=1S/C16H21F3OSi/c1-21(2,3)15-9-12(8-14(20)10-15)11-4-6-13(7-5-11)16(17,18)19/h4-7,12,15H,8-10H2,1-3H3/t12-,15+/m1/s1. The predicted octanol–water partition coefficient (Wildman–Crippen LogP) is 5.25. The zero-order valence-corrected chi connectivity index (χ0v) is 13.6. The van der Waals surface area contributed by atoms with Crippen molar-refractivity contribution in [1.82, 2.24) is 0 Å². The smallest absolute Gasteiger partial charge is 0.300 e. The zero-order chi connectivity index (χ0) is 15.8. The summed E-state index contributed by atoms with van der Waals surface area (Å²) in [6.07, 6.45) is -2.27. The molecule has 1 saturated carbocycles. The van der Waals surface area contributed by atoms with Crippen LogP contribution >= 0.6 is 0 Å². The molecule has 0 aliphatic heterocycles. The summed E-state index contributed by atoms with van der Waals surface area (Å²) in [7, 11) is -1.41. The maximum Gasteiger partial charge on any atom is 0.416 e. The van der Waals surface area contributed by atoms with Gasteiger partial charge >= 0.3 is 6.18 Å². The van der Waals surface area contributed by atoms with E-state index in [-0.39, 0.29) is 11.7 Å². The molecule has 5 heteroatoms. The van der Waals surface area contributed by atoms with Crippen LogP contribution in [0.1, 0.15) is 36.3 Å². The Labute approximate surface area is 124 Å². The van der Waals surface area contributed by atoms with Gasteiger partial charge in [-0.25, -0.2) is 0 Å². The van der Waals surface area contributed by atoms with E-state index in [0.717, 1.165) is 24.1 Å². The van der Waals surface area contributed by atoms with Crippen molar-refractivity contribution in [1.29, 1.82) is 0 Å². The monoisotopic (exact) mass is 314 g/mol. The summed E-state index contributed by atoms with van der Waals surface area (Å²) >= 11 is 0. The molecule has 21 heavy (non-hydrogen) atoms. The third-order valence-electron chi connectivity index (χ3n) is 4.45. The summed E-state index contributed by atoms with van der Waals surface area (Å²) in [5.74, 6) is 0.323. The first kappa shape index (κ1) is 16.3. The maximum atomic E-state index is 12.6. The quantitative estimate of drug-likeness (QED) is 0.681. The van der Waals surface area contributed by atoms with Crippen LogP contribution in [-0.2, 0) is 11.0 Å². The lowest BCUT2D eigenvalue weighted by molar-refractivity contribution is -0.137. The molecule has 116 valence electrons. The van der Waals surface area contributed by atoms with Gasteiger partial charge in [0.05, 0.1) is 5.56 Å². The molecule has 1 aliphatic carbocycles. The molecule has 0 saturated heterocycles. The summed E-state index contributed by atoms with van der Waals surface area (Å²) in [5, 5.41) is 0. The van der Waals surface area contributed by atoms with Gasteiger partial charge in [0, 0.05) is 20.9 Å². The highest BCUT2D eigenvalue weighted by molar-refractivity contribution is 6.77. The van der Waals surface area contributed by atoms with Crippen molar-refractivity contribution in [2.24, 2.45) is 0 Å². The first-order chi connectivity index (χ1) is 9.57. The summed E-state index contributed by atoms with van der Waals surface area (Å²) in [6.45, 7) is 6.75.